The fraction of sp³-hybridized carbons (Fsp3) is 0.0455. The molecule has 0 aliphatic carbocycles. The molecule has 0 spiro atoms. The van der Waals surface area contributed by atoms with Crippen LogP contribution in [0.15, 0.2) is 53.0 Å². The largest absolute Gasteiger partial charge is 0.397 e. The Bertz CT molecular complexity index is 1320. The number of hydrogen-bond acceptors (Lipinski definition) is 5. The van der Waals surface area contributed by atoms with Gasteiger partial charge < -0.3 is 5.73 Å². The smallest absolute Gasteiger partial charge is 0.290 e. The van der Waals surface area contributed by atoms with Crippen molar-refractivity contribution in [1.29, 1.82) is 5.26 Å². The minimum atomic E-state index is -0.169. The molecule has 7 heteroatoms. The van der Waals surface area contributed by atoms with Gasteiger partial charge in [-0.1, -0.05) is 51.5 Å². The van der Waals surface area contributed by atoms with E-state index in [9.17, 15) is 10.1 Å². The number of halogens is 1. The molecule has 2 heterocycles. The lowest BCUT2D eigenvalue weighted by molar-refractivity contribution is -0.323. The molecule has 0 bridgehead atoms. The summed E-state index contributed by atoms with van der Waals surface area (Å²) in [6, 6.07) is 17.0. The molecule has 2 aromatic carbocycles. The van der Waals surface area contributed by atoms with Crippen LogP contribution in [0.25, 0.3) is 21.3 Å². The number of anilines is 2. The normalized spacial score (nSPS) is 10.8. The molecule has 0 unspecified atom stereocenters. The van der Waals surface area contributed by atoms with Crippen LogP contribution >= 0.6 is 27.3 Å². The van der Waals surface area contributed by atoms with Crippen molar-refractivity contribution in [3.8, 4) is 17.2 Å². The number of ketones is 1. The zero-order chi connectivity index (χ0) is 20.7. The Morgan fingerprint density at radius 1 is 1.14 bits per heavy atom. The van der Waals surface area contributed by atoms with E-state index >= 15 is 0 Å². The Balaban J connectivity index is 2.03. The third kappa shape index (κ3) is 3.16. The maximum absolute atomic E-state index is 13.1. The fourth-order valence-corrected chi connectivity index (χ4v) is 4.73. The van der Waals surface area contributed by atoms with Gasteiger partial charge in [-0.15, -0.1) is 0 Å². The minimum absolute atomic E-state index is 0.169. The number of carbonyl (C=O) groups excluding carboxylic acids is 1. The lowest BCUT2D eigenvalue weighted by Crippen LogP contribution is -2.14. The van der Waals surface area contributed by atoms with E-state index < -0.39 is 0 Å². The summed E-state index contributed by atoms with van der Waals surface area (Å²) in [6.45, 7) is 1.96. The first-order valence-electron chi connectivity index (χ1n) is 8.75. The van der Waals surface area contributed by atoms with Gasteiger partial charge in [0.1, 0.15) is 16.5 Å². The van der Waals surface area contributed by atoms with Crippen molar-refractivity contribution in [2.75, 3.05) is 11.5 Å². The quantitative estimate of drug-likeness (QED) is 0.428. The predicted octanol–water partition coefficient (Wildman–Crippen LogP) is 4.72. The average molecular weight is 464 g/mol. The van der Waals surface area contributed by atoms with Gasteiger partial charge in [0.25, 0.3) is 5.82 Å². The van der Waals surface area contributed by atoms with Crippen LogP contribution in [0.2, 0.25) is 0 Å². The van der Waals surface area contributed by atoms with Crippen LogP contribution in [-0.4, -0.2) is 5.78 Å². The summed E-state index contributed by atoms with van der Waals surface area (Å²) in [5, 5.41) is 10.4. The second-order valence-corrected chi connectivity index (χ2v) is 8.54. The fourth-order valence-electron chi connectivity index (χ4n) is 3.36. The molecule has 0 saturated heterocycles. The standard InChI is InChI=1S/C22H15BrN4OS/c1-11-4-2-3-5-14(11)16-15(10-24)21(26)27-22-17(16)18(25)20(29-22)19(28)12-6-8-13(23)9-7-12/h2-9H,25H2,1H3,(H2,26,27)/p+1. The molecule has 0 aliphatic heterocycles. The molecule has 0 atom stereocenters. The van der Waals surface area contributed by atoms with Crippen LogP contribution in [0, 0.1) is 18.3 Å². The number of thiophene rings is 1. The number of carbonyl (C=O) groups is 1. The molecular formula is C22H16BrN4OS+. The summed E-state index contributed by atoms with van der Waals surface area (Å²) in [7, 11) is 0. The monoisotopic (exact) mass is 463 g/mol. The Morgan fingerprint density at radius 2 is 1.83 bits per heavy atom. The van der Waals surface area contributed by atoms with Crippen LogP contribution in [0.5, 0.6) is 0 Å². The van der Waals surface area contributed by atoms with Gasteiger partial charge in [0.2, 0.25) is 5.78 Å². The number of nitrogens with two attached hydrogens (primary N) is 2. The average Bonchev–Trinajstić information content (AvgIpc) is 3.03. The second kappa shape index (κ2) is 7.32. The molecule has 142 valence electrons. The van der Waals surface area contributed by atoms with Gasteiger partial charge >= 0.3 is 0 Å². The number of benzene rings is 2. The van der Waals surface area contributed by atoms with Gasteiger partial charge in [0, 0.05) is 15.6 Å². The molecule has 0 radical (unpaired) electrons. The van der Waals surface area contributed by atoms with Gasteiger partial charge in [0.05, 0.1) is 11.1 Å². The SMILES string of the molecule is Cc1ccccc1-c1c(C#N)c(N)[nH+]c2sc(C(=O)c3ccc(Br)cc3)c(N)c12. The van der Waals surface area contributed by atoms with E-state index in [1.807, 2.05) is 43.3 Å². The van der Waals surface area contributed by atoms with E-state index in [0.29, 0.717) is 37.5 Å². The Morgan fingerprint density at radius 3 is 2.48 bits per heavy atom. The van der Waals surface area contributed by atoms with Crippen LogP contribution in [0.1, 0.15) is 26.4 Å². The first kappa shape index (κ1) is 19.1. The molecule has 4 rings (SSSR count). The van der Waals surface area contributed by atoms with Crippen molar-refractivity contribution in [2.45, 2.75) is 6.92 Å². The number of aromatic nitrogens is 1. The van der Waals surface area contributed by atoms with Gasteiger partial charge in [-0.25, -0.2) is 4.98 Å². The molecule has 29 heavy (non-hydrogen) atoms. The maximum Gasteiger partial charge on any atom is 0.290 e. The molecule has 0 saturated carbocycles. The molecule has 5 N–H and O–H groups in total. The van der Waals surface area contributed by atoms with E-state index in [2.05, 4.69) is 27.0 Å². The highest BCUT2D eigenvalue weighted by Crippen LogP contribution is 2.42. The Labute approximate surface area is 179 Å². The second-order valence-electron chi connectivity index (χ2n) is 6.60. The predicted molar refractivity (Wildman–Crippen MR) is 120 cm³/mol. The minimum Gasteiger partial charge on any atom is -0.397 e. The van der Waals surface area contributed by atoms with Crippen LogP contribution in [0.3, 0.4) is 0 Å². The van der Waals surface area contributed by atoms with E-state index in [1.54, 1.807) is 12.1 Å². The number of aryl methyl sites for hydroxylation is 1. The van der Waals surface area contributed by atoms with Crippen molar-refractivity contribution < 1.29 is 9.78 Å². The van der Waals surface area contributed by atoms with Gasteiger partial charge in [-0.2, -0.15) is 5.26 Å². The van der Waals surface area contributed by atoms with Gasteiger partial charge in [-0.05, 0) is 42.3 Å². The number of nitrogen functional groups attached to an aromatic ring is 2. The van der Waals surface area contributed by atoms with Crippen molar-refractivity contribution in [2.24, 2.45) is 0 Å². The highest BCUT2D eigenvalue weighted by molar-refractivity contribution is 9.10. The molecule has 2 aromatic heterocycles. The van der Waals surface area contributed by atoms with Crippen molar-refractivity contribution in [3.63, 3.8) is 0 Å². The van der Waals surface area contributed by atoms with E-state index in [1.165, 1.54) is 11.3 Å². The Hall–Kier alpha value is -3.21. The number of H-pyrrole nitrogens is 1. The maximum atomic E-state index is 13.1. The molecule has 0 amide bonds. The number of nitrogens with one attached hydrogen (secondary N) is 1. The number of fused-ring (bicyclic) bond motifs is 1. The molecule has 0 aliphatic rings. The molecule has 4 aromatic rings. The number of nitriles is 1. The highest BCUT2D eigenvalue weighted by atomic mass is 79.9. The lowest BCUT2D eigenvalue weighted by atomic mass is 9.93. The van der Waals surface area contributed by atoms with E-state index in [0.717, 1.165) is 15.6 Å². The summed E-state index contributed by atoms with van der Waals surface area (Å²) in [4.78, 5) is 17.2. The Kier molecular flexibility index (Phi) is 4.82. The van der Waals surface area contributed by atoms with E-state index in [-0.39, 0.29) is 11.6 Å². The third-order valence-corrected chi connectivity index (χ3v) is 6.45. The summed E-state index contributed by atoms with van der Waals surface area (Å²) < 4.78 is 0.889. The topological polar surface area (TPSA) is 107 Å². The lowest BCUT2D eigenvalue weighted by Gasteiger charge is -2.10. The van der Waals surface area contributed by atoms with Gasteiger partial charge in [0.15, 0.2) is 4.83 Å². The number of pyridine rings is 1. The summed E-state index contributed by atoms with van der Waals surface area (Å²) in [6.07, 6.45) is 0. The van der Waals surface area contributed by atoms with Crippen LogP contribution < -0.4 is 16.5 Å². The number of nitrogens with zero attached hydrogens (tertiary/aromatic N) is 1. The summed E-state index contributed by atoms with van der Waals surface area (Å²) >= 11 is 4.62. The van der Waals surface area contributed by atoms with Gasteiger partial charge in [-0.3, -0.25) is 10.5 Å². The number of aromatic amines is 1. The first-order valence-corrected chi connectivity index (χ1v) is 10.4. The number of hydrogen-bond donors (Lipinski definition) is 2. The molecular weight excluding hydrogens is 448 g/mol. The summed E-state index contributed by atoms with van der Waals surface area (Å²) in [5.41, 5.74) is 16.3. The van der Waals surface area contributed by atoms with Crippen molar-refractivity contribution >= 4 is 54.8 Å². The van der Waals surface area contributed by atoms with Crippen LogP contribution in [0.4, 0.5) is 11.5 Å². The van der Waals surface area contributed by atoms with E-state index in [4.69, 9.17) is 11.5 Å². The first-order chi connectivity index (χ1) is 13.9. The zero-order valence-corrected chi connectivity index (χ0v) is 17.8. The zero-order valence-electron chi connectivity index (χ0n) is 15.4. The summed E-state index contributed by atoms with van der Waals surface area (Å²) in [5.74, 6) is 0.0829. The highest BCUT2D eigenvalue weighted by Gasteiger charge is 2.27. The van der Waals surface area contributed by atoms with Crippen LogP contribution in [-0.2, 0) is 0 Å². The molecule has 5 nitrogen and oxygen atoms in total. The number of rotatable bonds is 3. The molecule has 0 fully saturated rings. The van der Waals surface area contributed by atoms with Crippen molar-refractivity contribution in [3.05, 3.63) is 74.6 Å². The third-order valence-electron chi connectivity index (χ3n) is 4.80. The van der Waals surface area contributed by atoms with Crippen molar-refractivity contribution in [1.82, 2.24) is 0 Å².